The summed E-state index contributed by atoms with van der Waals surface area (Å²) in [4.78, 5) is 15.0. The van der Waals surface area contributed by atoms with Crippen LogP contribution in [0.3, 0.4) is 0 Å². The number of ether oxygens (including phenoxy) is 1. The van der Waals surface area contributed by atoms with Gasteiger partial charge in [0, 0.05) is 25.0 Å². The summed E-state index contributed by atoms with van der Waals surface area (Å²) in [5.41, 5.74) is 1.62. The molecule has 3 atom stereocenters. The molecule has 2 aliphatic rings. The van der Waals surface area contributed by atoms with E-state index in [1.165, 1.54) is 0 Å². The Balaban J connectivity index is 1.51. The van der Waals surface area contributed by atoms with E-state index in [-0.39, 0.29) is 17.9 Å². The molecule has 0 spiro atoms. The lowest BCUT2D eigenvalue weighted by Gasteiger charge is -2.52. The molecule has 5 nitrogen and oxygen atoms in total. The van der Waals surface area contributed by atoms with Crippen LogP contribution in [0.2, 0.25) is 0 Å². The predicted molar refractivity (Wildman–Crippen MR) is 117 cm³/mol. The standard InChI is InChI=1S/C25H32N2O3/c1-30-21-12-10-20(11-13-21)24-22-9-5-6-14-25(22,29)15-16-27(24)18-23(28)26-17-19-7-3-2-4-8-19/h2-4,7-8,10-13,22,24,29H,5-6,9,14-18H2,1H3,(H,26,28)/t22-,24+,25+/m1/s1. The smallest absolute Gasteiger partial charge is 0.234 e. The van der Waals surface area contributed by atoms with Crippen molar-refractivity contribution >= 4 is 5.91 Å². The van der Waals surface area contributed by atoms with E-state index in [1.807, 2.05) is 42.5 Å². The fraction of sp³-hybridized carbons (Fsp3) is 0.480. The van der Waals surface area contributed by atoms with Crippen molar-refractivity contribution in [3.8, 4) is 5.75 Å². The van der Waals surface area contributed by atoms with Crippen LogP contribution in [0, 0.1) is 5.92 Å². The van der Waals surface area contributed by atoms with Crippen LogP contribution in [0.4, 0.5) is 0 Å². The molecular weight excluding hydrogens is 376 g/mol. The molecule has 1 saturated heterocycles. The maximum absolute atomic E-state index is 12.8. The fourth-order valence-corrected chi connectivity index (χ4v) is 5.20. The monoisotopic (exact) mass is 408 g/mol. The van der Waals surface area contributed by atoms with Crippen molar-refractivity contribution in [2.75, 3.05) is 20.2 Å². The van der Waals surface area contributed by atoms with E-state index in [0.29, 0.717) is 13.1 Å². The third kappa shape index (κ3) is 4.52. The molecule has 0 bridgehead atoms. The molecule has 0 radical (unpaired) electrons. The lowest BCUT2D eigenvalue weighted by molar-refractivity contribution is -0.138. The van der Waals surface area contributed by atoms with E-state index in [4.69, 9.17) is 4.74 Å². The van der Waals surface area contributed by atoms with E-state index in [9.17, 15) is 9.90 Å². The van der Waals surface area contributed by atoms with Gasteiger partial charge in [0.25, 0.3) is 0 Å². The number of nitrogens with one attached hydrogen (secondary N) is 1. The number of carbonyl (C=O) groups excluding carboxylic acids is 1. The van der Waals surface area contributed by atoms with Crippen molar-refractivity contribution in [1.82, 2.24) is 10.2 Å². The van der Waals surface area contributed by atoms with Crippen LogP contribution < -0.4 is 10.1 Å². The number of benzene rings is 2. The lowest BCUT2D eigenvalue weighted by atomic mass is 9.66. The molecule has 2 aromatic carbocycles. The maximum atomic E-state index is 12.8. The van der Waals surface area contributed by atoms with Crippen LogP contribution >= 0.6 is 0 Å². The number of rotatable bonds is 6. The molecule has 0 aromatic heterocycles. The number of aliphatic hydroxyl groups is 1. The highest BCUT2D eigenvalue weighted by Crippen LogP contribution is 2.49. The molecule has 30 heavy (non-hydrogen) atoms. The molecule has 4 rings (SSSR count). The van der Waals surface area contributed by atoms with Gasteiger partial charge in [-0.3, -0.25) is 9.69 Å². The van der Waals surface area contributed by atoms with Crippen molar-refractivity contribution in [2.24, 2.45) is 5.92 Å². The summed E-state index contributed by atoms with van der Waals surface area (Å²) in [5, 5.41) is 14.4. The van der Waals surface area contributed by atoms with Crippen LogP contribution in [0.5, 0.6) is 5.75 Å². The zero-order valence-electron chi connectivity index (χ0n) is 17.7. The second-order valence-corrected chi connectivity index (χ2v) is 8.66. The Hall–Kier alpha value is -2.37. The second-order valence-electron chi connectivity index (χ2n) is 8.66. The first kappa shape index (κ1) is 20.9. The zero-order chi connectivity index (χ0) is 21.0. The summed E-state index contributed by atoms with van der Waals surface area (Å²) in [7, 11) is 1.67. The number of amides is 1. The average molecular weight is 409 g/mol. The Bertz CT molecular complexity index is 839. The maximum Gasteiger partial charge on any atom is 0.234 e. The number of nitrogens with zero attached hydrogens (tertiary/aromatic N) is 1. The van der Waals surface area contributed by atoms with E-state index in [0.717, 1.165) is 55.5 Å². The molecule has 1 heterocycles. The fourth-order valence-electron chi connectivity index (χ4n) is 5.20. The van der Waals surface area contributed by atoms with Gasteiger partial charge in [-0.1, -0.05) is 55.3 Å². The molecule has 2 fully saturated rings. The van der Waals surface area contributed by atoms with Gasteiger partial charge in [-0.25, -0.2) is 0 Å². The average Bonchev–Trinajstić information content (AvgIpc) is 2.78. The molecule has 2 aromatic rings. The molecule has 5 heteroatoms. The van der Waals surface area contributed by atoms with Crippen molar-refractivity contribution < 1.29 is 14.6 Å². The van der Waals surface area contributed by atoms with Crippen molar-refractivity contribution in [3.63, 3.8) is 0 Å². The Kier molecular flexibility index (Phi) is 6.40. The van der Waals surface area contributed by atoms with E-state index < -0.39 is 5.60 Å². The Morgan fingerprint density at radius 1 is 1.13 bits per heavy atom. The van der Waals surface area contributed by atoms with Gasteiger partial charge >= 0.3 is 0 Å². The van der Waals surface area contributed by atoms with E-state index >= 15 is 0 Å². The highest BCUT2D eigenvalue weighted by Gasteiger charge is 2.49. The highest BCUT2D eigenvalue weighted by molar-refractivity contribution is 5.78. The number of methoxy groups -OCH3 is 1. The third-order valence-electron chi connectivity index (χ3n) is 6.81. The van der Waals surface area contributed by atoms with Crippen LogP contribution in [0.15, 0.2) is 54.6 Å². The normalized spacial score (nSPS) is 26.6. The SMILES string of the molecule is COc1ccc([C@H]2[C@H]3CCCC[C@]3(O)CCN2CC(=O)NCc2ccccc2)cc1. The summed E-state index contributed by atoms with van der Waals surface area (Å²) in [6.07, 6.45) is 4.80. The van der Waals surface area contributed by atoms with Gasteiger partial charge in [0.1, 0.15) is 5.75 Å². The van der Waals surface area contributed by atoms with Gasteiger partial charge in [-0.15, -0.1) is 0 Å². The molecular formula is C25H32N2O3. The number of hydrogen-bond donors (Lipinski definition) is 2. The molecule has 2 N–H and O–H groups in total. The summed E-state index contributed by atoms with van der Waals surface area (Å²) in [6.45, 7) is 1.60. The van der Waals surface area contributed by atoms with Gasteiger partial charge in [-0.05, 0) is 42.5 Å². The number of hydrogen-bond acceptors (Lipinski definition) is 4. The van der Waals surface area contributed by atoms with Crippen molar-refractivity contribution in [3.05, 3.63) is 65.7 Å². The minimum Gasteiger partial charge on any atom is -0.497 e. The first-order valence-corrected chi connectivity index (χ1v) is 11.0. The van der Waals surface area contributed by atoms with Crippen LogP contribution in [-0.2, 0) is 11.3 Å². The first-order chi connectivity index (χ1) is 14.6. The molecule has 0 unspecified atom stereocenters. The molecule has 1 saturated carbocycles. The number of likely N-dealkylation sites (tertiary alicyclic amines) is 1. The van der Waals surface area contributed by atoms with Crippen molar-refractivity contribution in [2.45, 2.75) is 50.3 Å². The Morgan fingerprint density at radius 2 is 1.90 bits per heavy atom. The minimum atomic E-state index is -0.625. The van der Waals surface area contributed by atoms with Gasteiger partial charge in [-0.2, -0.15) is 0 Å². The van der Waals surface area contributed by atoms with E-state index in [1.54, 1.807) is 7.11 Å². The molecule has 1 aliphatic carbocycles. The predicted octanol–water partition coefficient (Wildman–Crippen LogP) is 3.68. The lowest BCUT2D eigenvalue weighted by Crippen LogP contribution is -2.56. The molecule has 160 valence electrons. The highest BCUT2D eigenvalue weighted by atomic mass is 16.5. The summed E-state index contributed by atoms with van der Waals surface area (Å²) in [5.74, 6) is 0.995. The Labute approximate surface area is 179 Å². The van der Waals surface area contributed by atoms with Crippen molar-refractivity contribution in [1.29, 1.82) is 0 Å². The van der Waals surface area contributed by atoms with Gasteiger partial charge in [0.05, 0.1) is 19.3 Å². The first-order valence-electron chi connectivity index (χ1n) is 11.0. The van der Waals surface area contributed by atoms with Gasteiger partial charge in [0.15, 0.2) is 0 Å². The zero-order valence-corrected chi connectivity index (χ0v) is 17.7. The third-order valence-corrected chi connectivity index (χ3v) is 6.81. The summed E-state index contributed by atoms with van der Waals surface area (Å²) >= 11 is 0. The minimum absolute atomic E-state index is 0.0265. The topological polar surface area (TPSA) is 61.8 Å². The second kappa shape index (κ2) is 9.19. The number of piperidine rings is 1. The van der Waals surface area contributed by atoms with Crippen LogP contribution in [-0.4, -0.2) is 41.7 Å². The quantitative estimate of drug-likeness (QED) is 0.765. The van der Waals surface area contributed by atoms with E-state index in [2.05, 4.69) is 22.3 Å². The molecule has 1 aliphatic heterocycles. The summed E-state index contributed by atoms with van der Waals surface area (Å²) in [6, 6.07) is 18.1. The van der Waals surface area contributed by atoms with Crippen LogP contribution in [0.25, 0.3) is 0 Å². The number of carbonyl (C=O) groups is 1. The van der Waals surface area contributed by atoms with Gasteiger partial charge in [0.2, 0.25) is 5.91 Å². The van der Waals surface area contributed by atoms with Gasteiger partial charge < -0.3 is 15.2 Å². The van der Waals surface area contributed by atoms with Crippen LogP contribution in [0.1, 0.15) is 49.3 Å². The Morgan fingerprint density at radius 3 is 2.63 bits per heavy atom. The number of fused-ring (bicyclic) bond motifs is 1. The summed E-state index contributed by atoms with van der Waals surface area (Å²) < 4.78 is 5.32. The molecule has 1 amide bonds. The largest absolute Gasteiger partial charge is 0.497 e.